The summed E-state index contributed by atoms with van der Waals surface area (Å²) in [5, 5.41) is 0.826. The van der Waals surface area contributed by atoms with Gasteiger partial charge >= 0.3 is 6.01 Å². The van der Waals surface area contributed by atoms with Crippen LogP contribution in [0.25, 0.3) is 10.9 Å². The highest BCUT2D eigenvalue weighted by Crippen LogP contribution is 2.40. The fourth-order valence-corrected chi connectivity index (χ4v) is 4.53. The normalized spacial score (nSPS) is 26.3. The van der Waals surface area contributed by atoms with E-state index in [9.17, 15) is 8.78 Å². The van der Waals surface area contributed by atoms with Crippen LogP contribution in [0.1, 0.15) is 19.3 Å². The molecule has 0 N–H and O–H groups in total. The van der Waals surface area contributed by atoms with E-state index >= 15 is 0 Å². The standard InChI is InChI=1S/C16H17ClF2N4OS/c1-25-14-10-6-20-13(17)11(19)12(10)21-15(22-14)24-8-16-3-2-4-23(16)7-9(18)5-16/h6,9H,2-5,7-8H2,1H3/t9-,16+/m1/s1. The van der Waals surface area contributed by atoms with E-state index in [4.69, 9.17) is 16.3 Å². The molecule has 134 valence electrons. The van der Waals surface area contributed by atoms with E-state index in [1.165, 1.54) is 18.0 Å². The van der Waals surface area contributed by atoms with E-state index in [1.54, 1.807) is 0 Å². The molecule has 25 heavy (non-hydrogen) atoms. The zero-order valence-electron chi connectivity index (χ0n) is 13.6. The third-order valence-corrected chi connectivity index (χ3v) is 5.97. The van der Waals surface area contributed by atoms with Gasteiger partial charge in [-0.3, -0.25) is 4.90 Å². The van der Waals surface area contributed by atoms with Crippen molar-refractivity contribution in [1.82, 2.24) is 19.9 Å². The first-order valence-corrected chi connectivity index (χ1v) is 9.70. The Morgan fingerprint density at radius 1 is 1.48 bits per heavy atom. The lowest BCUT2D eigenvalue weighted by Gasteiger charge is -2.30. The van der Waals surface area contributed by atoms with Crippen molar-refractivity contribution in [3.8, 4) is 6.01 Å². The van der Waals surface area contributed by atoms with Crippen molar-refractivity contribution in [2.45, 2.75) is 36.0 Å². The van der Waals surface area contributed by atoms with Crippen molar-refractivity contribution < 1.29 is 13.5 Å². The summed E-state index contributed by atoms with van der Waals surface area (Å²) >= 11 is 7.11. The Hall–Kier alpha value is -1.25. The Labute approximate surface area is 153 Å². The first-order valence-electron chi connectivity index (χ1n) is 8.10. The molecule has 0 unspecified atom stereocenters. The van der Waals surface area contributed by atoms with Crippen LogP contribution < -0.4 is 4.74 Å². The van der Waals surface area contributed by atoms with Crippen molar-refractivity contribution in [3.05, 3.63) is 17.2 Å². The molecule has 0 bridgehead atoms. The van der Waals surface area contributed by atoms with Gasteiger partial charge in [-0.05, 0) is 25.6 Å². The molecule has 0 aliphatic carbocycles. The summed E-state index contributed by atoms with van der Waals surface area (Å²) in [5.41, 5.74) is -0.212. The second-order valence-electron chi connectivity index (χ2n) is 6.50. The van der Waals surface area contributed by atoms with Crippen LogP contribution in [0.5, 0.6) is 6.01 Å². The highest BCUT2D eigenvalue weighted by atomic mass is 35.5. The Balaban J connectivity index is 1.64. The van der Waals surface area contributed by atoms with E-state index < -0.39 is 12.0 Å². The molecular formula is C16H17ClF2N4OS. The fraction of sp³-hybridized carbons (Fsp3) is 0.562. The molecule has 2 aliphatic rings. The minimum absolute atomic E-state index is 0.0848. The number of aromatic nitrogens is 3. The molecule has 2 fully saturated rings. The van der Waals surface area contributed by atoms with E-state index in [0.29, 0.717) is 30.0 Å². The van der Waals surface area contributed by atoms with Crippen molar-refractivity contribution >= 4 is 34.3 Å². The van der Waals surface area contributed by atoms with Gasteiger partial charge in [0, 0.05) is 19.2 Å². The fourth-order valence-electron chi connectivity index (χ4n) is 3.86. The lowest BCUT2D eigenvalue weighted by atomic mass is 9.95. The lowest BCUT2D eigenvalue weighted by Crippen LogP contribution is -2.43. The molecule has 2 atom stereocenters. The summed E-state index contributed by atoms with van der Waals surface area (Å²) in [6, 6.07) is 0.0848. The summed E-state index contributed by atoms with van der Waals surface area (Å²) in [6.07, 6.45) is 4.84. The molecule has 2 aromatic heterocycles. The molecule has 0 amide bonds. The average molecular weight is 387 g/mol. The second kappa shape index (κ2) is 6.48. The number of hydrogen-bond acceptors (Lipinski definition) is 6. The zero-order chi connectivity index (χ0) is 17.6. The van der Waals surface area contributed by atoms with Crippen LogP contribution in [-0.4, -0.2) is 57.5 Å². The Kier molecular flexibility index (Phi) is 4.45. The van der Waals surface area contributed by atoms with Crippen LogP contribution in [-0.2, 0) is 0 Å². The molecular weight excluding hydrogens is 370 g/mol. The Morgan fingerprint density at radius 3 is 3.12 bits per heavy atom. The highest BCUT2D eigenvalue weighted by Gasteiger charge is 2.49. The van der Waals surface area contributed by atoms with Crippen molar-refractivity contribution in [3.63, 3.8) is 0 Å². The second-order valence-corrected chi connectivity index (χ2v) is 7.66. The van der Waals surface area contributed by atoms with Crippen molar-refractivity contribution in [1.29, 1.82) is 0 Å². The van der Waals surface area contributed by atoms with Gasteiger partial charge in [-0.1, -0.05) is 11.6 Å². The molecule has 2 saturated heterocycles. The van der Waals surface area contributed by atoms with E-state index in [-0.39, 0.29) is 22.2 Å². The quantitative estimate of drug-likeness (QED) is 0.455. The number of hydrogen-bond donors (Lipinski definition) is 0. The summed E-state index contributed by atoms with van der Waals surface area (Å²) in [7, 11) is 0. The largest absolute Gasteiger partial charge is 0.461 e. The van der Waals surface area contributed by atoms with Gasteiger partial charge in [0.15, 0.2) is 11.0 Å². The zero-order valence-corrected chi connectivity index (χ0v) is 15.2. The number of fused-ring (bicyclic) bond motifs is 2. The van der Waals surface area contributed by atoms with Crippen LogP contribution in [0.3, 0.4) is 0 Å². The van der Waals surface area contributed by atoms with Gasteiger partial charge in [0.05, 0.1) is 10.9 Å². The number of alkyl halides is 1. The first-order chi connectivity index (χ1) is 12.0. The van der Waals surface area contributed by atoms with Gasteiger partial charge in [-0.2, -0.15) is 9.97 Å². The number of ether oxygens (including phenoxy) is 1. The van der Waals surface area contributed by atoms with Gasteiger partial charge < -0.3 is 4.74 Å². The maximum atomic E-state index is 14.3. The summed E-state index contributed by atoms with van der Waals surface area (Å²) in [4.78, 5) is 14.5. The minimum atomic E-state index is -0.828. The van der Waals surface area contributed by atoms with E-state index in [1.807, 2.05) is 6.26 Å². The number of pyridine rings is 1. The average Bonchev–Trinajstić information content (AvgIpc) is 3.11. The molecule has 2 aliphatic heterocycles. The third-order valence-electron chi connectivity index (χ3n) is 5.01. The number of halogens is 3. The van der Waals surface area contributed by atoms with Gasteiger partial charge in [0.2, 0.25) is 0 Å². The number of thioether (sulfide) groups is 1. The number of nitrogens with zero attached hydrogens (tertiary/aromatic N) is 4. The van der Waals surface area contributed by atoms with E-state index in [2.05, 4.69) is 19.9 Å². The summed E-state index contributed by atoms with van der Waals surface area (Å²) in [5.74, 6) is -0.688. The molecule has 4 heterocycles. The molecule has 0 spiro atoms. The molecule has 4 rings (SSSR count). The Bertz CT molecular complexity index is 826. The van der Waals surface area contributed by atoms with Crippen LogP contribution >= 0.6 is 23.4 Å². The van der Waals surface area contributed by atoms with E-state index in [0.717, 1.165) is 19.4 Å². The maximum absolute atomic E-state index is 14.3. The summed E-state index contributed by atoms with van der Waals surface area (Å²) < 4.78 is 33.9. The predicted octanol–water partition coefficient (Wildman–Crippen LogP) is 3.49. The van der Waals surface area contributed by atoms with Gasteiger partial charge in [-0.25, -0.2) is 13.8 Å². The minimum Gasteiger partial charge on any atom is -0.461 e. The van der Waals surface area contributed by atoms with Gasteiger partial charge in [0.1, 0.15) is 23.3 Å². The first kappa shape index (κ1) is 17.2. The SMILES string of the molecule is CSc1nc(OC[C@@]23CCCN2C[C@H](F)C3)nc2c(F)c(Cl)ncc12. The predicted molar refractivity (Wildman–Crippen MR) is 92.6 cm³/mol. The number of rotatable bonds is 4. The van der Waals surface area contributed by atoms with Crippen molar-refractivity contribution in [2.75, 3.05) is 26.0 Å². The molecule has 2 aromatic rings. The van der Waals surface area contributed by atoms with Crippen LogP contribution in [0.15, 0.2) is 11.2 Å². The molecule has 0 saturated carbocycles. The van der Waals surface area contributed by atoms with Crippen LogP contribution in [0, 0.1) is 5.82 Å². The van der Waals surface area contributed by atoms with Crippen LogP contribution in [0.2, 0.25) is 5.15 Å². The highest BCUT2D eigenvalue weighted by molar-refractivity contribution is 7.98. The van der Waals surface area contributed by atoms with Crippen LogP contribution in [0.4, 0.5) is 8.78 Å². The van der Waals surface area contributed by atoms with Crippen molar-refractivity contribution in [2.24, 2.45) is 0 Å². The topological polar surface area (TPSA) is 51.1 Å². The maximum Gasteiger partial charge on any atom is 0.318 e. The van der Waals surface area contributed by atoms with Gasteiger partial charge in [-0.15, -0.1) is 11.8 Å². The monoisotopic (exact) mass is 386 g/mol. The molecule has 5 nitrogen and oxygen atoms in total. The smallest absolute Gasteiger partial charge is 0.318 e. The molecule has 0 aromatic carbocycles. The Morgan fingerprint density at radius 2 is 2.32 bits per heavy atom. The summed E-state index contributed by atoms with van der Waals surface area (Å²) in [6.45, 7) is 1.63. The molecule has 9 heteroatoms. The van der Waals surface area contributed by atoms with Gasteiger partial charge in [0.25, 0.3) is 0 Å². The third kappa shape index (κ3) is 2.94. The molecule has 0 radical (unpaired) electrons. The lowest BCUT2D eigenvalue weighted by molar-refractivity contribution is 0.107.